The maximum absolute atomic E-state index is 12.0. The van der Waals surface area contributed by atoms with Crippen molar-refractivity contribution in [2.75, 3.05) is 0 Å². The first-order chi connectivity index (χ1) is 9.61. The van der Waals surface area contributed by atoms with Gasteiger partial charge in [0.25, 0.3) is 5.56 Å². The van der Waals surface area contributed by atoms with Gasteiger partial charge in [-0.15, -0.1) is 0 Å². The van der Waals surface area contributed by atoms with E-state index in [1.54, 1.807) is 12.9 Å². The molecule has 1 unspecified atom stereocenters. The molecule has 0 bridgehead atoms. The fraction of sp³-hybridized carbons (Fsp3) is 0.250. The van der Waals surface area contributed by atoms with E-state index in [0.29, 0.717) is 17.1 Å². The van der Waals surface area contributed by atoms with Gasteiger partial charge in [-0.05, 0) is 18.9 Å². The Morgan fingerprint density at radius 3 is 2.70 bits per heavy atom. The summed E-state index contributed by atoms with van der Waals surface area (Å²) in [5, 5.41) is 0. The number of rotatable bonds is 4. The van der Waals surface area contributed by atoms with E-state index in [4.69, 9.17) is 0 Å². The highest BCUT2D eigenvalue weighted by molar-refractivity contribution is 5.73. The second-order valence-electron chi connectivity index (χ2n) is 4.81. The van der Waals surface area contributed by atoms with Crippen molar-refractivity contribution in [2.45, 2.75) is 26.2 Å². The number of nitrogens with zero attached hydrogens (tertiary/aromatic N) is 1. The first-order valence-electron chi connectivity index (χ1n) is 6.47. The van der Waals surface area contributed by atoms with E-state index < -0.39 is 0 Å². The second-order valence-corrected chi connectivity index (χ2v) is 4.81. The van der Waals surface area contributed by atoms with Gasteiger partial charge in [-0.3, -0.25) is 4.79 Å². The van der Waals surface area contributed by atoms with Gasteiger partial charge in [0.15, 0.2) is 0 Å². The topological polar surface area (TPSA) is 62.8 Å². The average Bonchev–Trinajstić information content (AvgIpc) is 2.43. The number of aromatic nitrogens is 2. The molecule has 0 saturated heterocycles. The van der Waals surface area contributed by atoms with E-state index in [9.17, 15) is 9.59 Å². The van der Waals surface area contributed by atoms with Gasteiger partial charge in [0, 0.05) is 17.7 Å². The zero-order valence-electron chi connectivity index (χ0n) is 11.5. The Morgan fingerprint density at radius 1 is 1.35 bits per heavy atom. The summed E-state index contributed by atoms with van der Waals surface area (Å²) in [6, 6.07) is 9.93. The van der Waals surface area contributed by atoms with E-state index >= 15 is 0 Å². The van der Waals surface area contributed by atoms with Gasteiger partial charge in [-0.25, -0.2) is 9.78 Å². The Kier molecular flexibility index (Phi) is 4.28. The quantitative estimate of drug-likeness (QED) is 0.865. The SMILES string of the molecule is Cc1[nH]c(=O)c(C(C)Cc2ccccc2)nc1C=C=O. The molecule has 4 nitrogen and oxygen atoms in total. The van der Waals surface area contributed by atoms with Crippen molar-refractivity contribution >= 4 is 12.0 Å². The molecule has 0 fully saturated rings. The highest BCUT2D eigenvalue weighted by atomic mass is 16.1. The molecular weight excluding hydrogens is 252 g/mol. The molecule has 0 aliphatic heterocycles. The first-order valence-corrected chi connectivity index (χ1v) is 6.47. The minimum Gasteiger partial charge on any atom is -0.323 e. The summed E-state index contributed by atoms with van der Waals surface area (Å²) in [7, 11) is 0. The van der Waals surface area contributed by atoms with Gasteiger partial charge in [-0.2, -0.15) is 0 Å². The molecule has 1 aromatic carbocycles. The number of H-pyrrole nitrogens is 1. The van der Waals surface area contributed by atoms with Crippen molar-refractivity contribution in [3.63, 3.8) is 0 Å². The fourth-order valence-corrected chi connectivity index (χ4v) is 2.16. The Bertz CT molecular complexity index is 698. The zero-order valence-corrected chi connectivity index (χ0v) is 11.5. The summed E-state index contributed by atoms with van der Waals surface area (Å²) in [5.74, 6) is 1.67. The predicted molar refractivity (Wildman–Crippen MR) is 78.3 cm³/mol. The first kappa shape index (κ1) is 14.0. The summed E-state index contributed by atoms with van der Waals surface area (Å²) in [6.07, 6.45) is 1.97. The third-order valence-electron chi connectivity index (χ3n) is 3.21. The van der Waals surface area contributed by atoms with Crippen molar-refractivity contribution in [1.82, 2.24) is 9.97 Å². The van der Waals surface area contributed by atoms with Gasteiger partial charge in [-0.1, -0.05) is 37.3 Å². The Balaban J connectivity index is 2.34. The highest BCUT2D eigenvalue weighted by Gasteiger charge is 2.14. The van der Waals surface area contributed by atoms with Gasteiger partial charge in [0.05, 0.1) is 5.69 Å². The van der Waals surface area contributed by atoms with Crippen LogP contribution >= 0.6 is 0 Å². The van der Waals surface area contributed by atoms with Crippen LogP contribution in [0, 0.1) is 6.92 Å². The zero-order chi connectivity index (χ0) is 14.5. The van der Waals surface area contributed by atoms with Crippen LogP contribution in [0.3, 0.4) is 0 Å². The second kappa shape index (κ2) is 6.13. The van der Waals surface area contributed by atoms with E-state index in [0.717, 1.165) is 12.0 Å². The third kappa shape index (κ3) is 3.11. The van der Waals surface area contributed by atoms with Crippen LogP contribution in [0.1, 0.15) is 35.5 Å². The number of hydrogen-bond acceptors (Lipinski definition) is 3. The molecule has 1 N–H and O–H groups in total. The molecule has 2 rings (SSSR count). The molecule has 1 atom stereocenters. The lowest BCUT2D eigenvalue weighted by Crippen LogP contribution is -2.21. The molecule has 1 aromatic heterocycles. The number of benzene rings is 1. The van der Waals surface area contributed by atoms with E-state index in [-0.39, 0.29) is 11.5 Å². The van der Waals surface area contributed by atoms with Crippen LogP contribution in [0.2, 0.25) is 0 Å². The maximum Gasteiger partial charge on any atom is 0.270 e. The van der Waals surface area contributed by atoms with Crippen LogP contribution in [-0.4, -0.2) is 15.9 Å². The molecule has 0 amide bonds. The number of hydrogen-bond donors (Lipinski definition) is 1. The normalized spacial score (nSPS) is 11.7. The Labute approximate surface area is 117 Å². The summed E-state index contributed by atoms with van der Waals surface area (Å²) < 4.78 is 0. The molecular formula is C16H16N2O2. The van der Waals surface area contributed by atoms with Crippen molar-refractivity contribution in [3.8, 4) is 0 Å². The highest BCUT2D eigenvalue weighted by Crippen LogP contribution is 2.16. The number of aryl methyl sites for hydroxylation is 1. The number of aromatic amines is 1. The lowest BCUT2D eigenvalue weighted by Gasteiger charge is -2.11. The standard InChI is InChI=1S/C16H16N2O2/c1-11(10-13-6-4-3-5-7-13)15-16(20)17-12(2)14(18-15)8-9-19/h3-8,11H,10H2,1-2H3,(H,17,20). The van der Waals surface area contributed by atoms with E-state index in [1.807, 2.05) is 37.3 Å². The molecule has 2 aromatic rings. The van der Waals surface area contributed by atoms with Crippen molar-refractivity contribution in [1.29, 1.82) is 0 Å². The van der Waals surface area contributed by atoms with Crippen LogP contribution in [0.4, 0.5) is 0 Å². The lowest BCUT2D eigenvalue weighted by molar-refractivity contribution is 0.570. The molecule has 0 spiro atoms. The Morgan fingerprint density at radius 2 is 2.05 bits per heavy atom. The summed E-state index contributed by atoms with van der Waals surface area (Å²) in [5.41, 5.74) is 2.44. The molecule has 0 aliphatic carbocycles. The van der Waals surface area contributed by atoms with Crippen molar-refractivity contribution < 1.29 is 4.79 Å². The fourth-order valence-electron chi connectivity index (χ4n) is 2.16. The van der Waals surface area contributed by atoms with Crippen molar-refractivity contribution in [2.24, 2.45) is 0 Å². The molecule has 20 heavy (non-hydrogen) atoms. The van der Waals surface area contributed by atoms with E-state index in [1.165, 1.54) is 6.08 Å². The largest absolute Gasteiger partial charge is 0.323 e. The molecule has 1 heterocycles. The average molecular weight is 268 g/mol. The summed E-state index contributed by atoms with van der Waals surface area (Å²) in [6.45, 7) is 3.66. The lowest BCUT2D eigenvalue weighted by atomic mass is 9.98. The smallest absolute Gasteiger partial charge is 0.270 e. The summed E-state index contributed by atoms with van der Waals surface area (Å²) in [4.78, 5) is 29.5. The minimum absolute atomic E-state index is 0.0273. The number of carbonyl (C=O) groups excluding carboxylic acids is 1. The monoisotopic (exact) mass is 268 g/mol. The molecule has 4 heteroatoms. The molecule has 0 radical (unpaired) electrons. The number of nitrogens with one attached hydrogen (secondary N) is 1. The minimum atomic E-state index is -0.200. The van der Waals surface area contributed by atoms with Crippen LogP contribution < -0.4 is 5.56 Å². The van der Waals surface area contributed by atoms with Crippen LogP contribution in [0.5, 0.6) is 0 Å². The Hall–Kier alpha value is -2.45. The predicted octanol–water partition coefficient (Wildman–Crippen LogP) is 2.27. The molecule has 0 saturated carbocycles. The third-order valence-corrected chi connectivity index (χ3v) is 3.21. The van der Waals surface area contributed by atoms with Gasteiger partial charge >= 0.3 is 0 Å². The maximum atomic E-state index is 12.0. The van der Waals surface area contributed by atoms with Crippen molar-refractivity contribution in [3.05, 3.63) is 63.3 Å². The van der Waals surface area contributed by atoms with E-state index in [2.05, 4.69) is 9.97 Å². The summed E-state index contributed by atoms with van der Waals surface area (Å²) >= 11 is 0. The van der Waals surface area contributed by atoms with Crippen LogP contribution in [0.25, 0.3) is 6.08 Å². The van der Waals surface area contributed by atoms with Crippen LogP contribution in [0.15, 0.2) is 35.1 Å². The van der Waals surface area contributed by atoms with Gasteiger partial charge in [0.1, 0.15) is 11.6 Å². The van der Waals surface area contributed by atoms with Gasteiger partial charge in [0.2, 0.25) is 0 Å². The van der Waals surface area contributed by atoms with Crippen LogP contribution in [-0.2, 0) is 11.2 Å². The molecule has 102 valence electrons. The van der Waals surface area contributed by atoms with Gasteiger partial charge < -0.3 is 4.98 Å². The molecule has 0 aliphatic rings.